The molecule has 1 rings (SSSR count). The molecule has 0 aromatic rings. The van der Waals surface area contributed by atoms with E-state index in [2.05, 4.69) is 39.5 Å². The van der Waals surface area contributed by atoms with Gasteiger partial charge in [0, 0.05) is 0 Å². The molecule has 0 radical (unpaired) electrons. The third-order valence-corrected chi connectivity index (χ3v) is 5.63. The Labute approximate surface area is 113 Å². The molecule has 1 fully saturated rings. The van der Waals surface area contributed by atoms with Crippen molar-refractivity contribution in [3.63, 3.8) is 0 Å². The number of hydrogen-bond acceptors (Lipinski definition) is 2. The highest BCUT2D eigenvalue weighted by Gasteiger charge is 2.39. The van der Waals surface area contributed by atoms with Crippen molar-refractivity contribution in [2.24, 2.45) is 35.5 Å². The van der Waals surface area contributed by atoms with Gasteiger partial charge in [0.25, 0.3) is 0 Å². The molecular formula is C16H32O2. The first-order chi connectivity index (χ1) is 8.54. The fourth-order valence-corrected chi connectivity index (χ4v) is 3.92. The third kappa shape index (κ3) is 3.71. The zero-order valence-corrected chi connectivity index (χ0v) is 12.9. The minimum atomic E-state index is 0.445. The second kappa shape index (κ2) is 7.49. The summed E-state index contributed by atoms with van der Waals surface area (Å²) in [7, 11) is 0. The molecule has 0 saturated heterocycles. The molecule has 1 aliphatic rings. The Hall–Kier alpha value is -0.0800. The summed E-state index contributed by atoms with van der Waals surface area (Å²) in [5, 5.41) is 8.58. The lowest BCUT2D eigenvalue weighted by Crippen LogP contribution is -2.22. The van der Waals surface area contributed by atoms with Crippen molar-refractivity contribution >= 4 is 0 Å². The molecule has 108 valence electrons. The largest absolute Gasteiger partial charge is 0.252 e. The fraction of sp³-hybridized carbons (Fsp3) is 1.00. The van der Waals surface area contributed by atoms with Crippen molar-refractivity contribution in [3.05, 3.63) is 0 Å². The third-order valence-electron chi connectivity index (χ3n) is 5.63. The Kier molecular flexibility index (Phi) is 6.65. The SMILES string of the molecule is CCC1CC(CC)C(CC(C)C(C)COO)C1C. The van der Waals surface area contributed by atoms with Crippen molar-refractivity contribution in [2.75, 3.05) is 6.61 Å². The first-order valence-corrected chi connectivity index (χ1v) is 7.81. The van der Waals surface area contributed by atoms with Crippen molar-refractivity contribution in [3.8, 4) is 0 Å². The topological polar surface area (TPSA) is 29.5 Å². The highest BCUT2D eigenvalue weighted by molar-refractivity contribution is 4.88. The van der Waals surface area contributed by atoms with Gasteiger partial charge in [-0.05, 0) is 48.3 Å². The quantitative estimate of drug-likeness (QED) is 0.521. The van der Waals surface area contributed by atoms with Crippen molar-refractivity contribution in [2.45, 2.75) is 60.3 Å². The van der Waals surface area contributed by atoms with Crippen LogP contribution in [0.2, 0.25) is 0 Å². The molecule has 0 spiro atoms. The van der Waals surface area contributed by atoms with Crippen molar-refractivity contribution in [1.29, 1.82) is 0 Å². The Balaban J connectivity index is 2.57. The van der Waals surface area contributed by atoms with E-state index in [0.717, 1.165) is 23.7 Å². The minimum absolute atomic E-state index is 0.445. The van der Waals surface area contributed by atoms with Gasteiger partial charge in [-0.1, -0.05) is 47.5 Å². The van der Waals surface area contributed by atoms with Crippen molar-refractivity contribution < 1.29 is 10.1 Å². The van der Waals surface area contributed by atoms with Crippen LogP contribution in [0.1, 0.15) is 60.3 Å². The standard InChI is InChI=1S/C16H32O2/c1-6-14-9-15(7-2)16(13(14)5)8-11(3)12(4)10-18-17/h11-17H,6-10H2,1-5H3. The summed E-state index contributed by atoms with van der Waals surface area (Å²) >= 11 is 0. The normalized spacial score (nSPS) is 35.7. The molecule has 2 heteroatoms. The van der Waals surface area contributed by atoms with E-state index in [0.29, 0.717) is 18.4 Å². The molecule has 1 N–H and O–H groups in total. The maximum absolute atomic E-state index is 8.58. The van der Waals surface area contributed by atoms with E-state index in [1.165, 1.54) is 25.7 Å². The molecule has 1 saturated carbocycles. The summed E-state index contributed by atoms with van der Waals surface area (Å²) < 4.78 is 0. The van der Waals surface area contributed by atoms with Gasteiger partial charge in [-0.3, -0.25) is 5.26 Å². The lowest BCUT2D eigenvalue weighted by Gasteiger charge is -2.28. The fourth-order valence-electron chi connectivity index (χ4n) is 3.92. The maximum Gasteiger partial charge on any atom is 0.0847 e. The van der Waals surface area contributed by atoms with Crippen LogP contribution < -0.4 is 0 Å². The average Bonchev–Trinajstić information content (AvgIpc) is 2.66. The lowest BCUT2D eigenvalue weighted by atomic mass is 9.77. The van der Waals surface area contributed by atoms with Gasteiger partial charge in [-0.2, -0.15) is 0 Å². The van der Waals surface area contributed by atoms with Crippen LogP contribution in [0.25, 0.3) is 0 Å². The Morgan fingerprint density at radius 3 is 2.22 bits per heavy atom. The Bertz CT molecular complexity index is 227. The van der Waals surface area contributed by atoms with E-state index in [4.69, 9.17) is 5.26 Å². The molecule has 0 heterocycles. The number of hydrogen-bond donors (Lipinski definition) is 1. The average molecular weight is 256 g/mol. The van der Waals surface area contributed by atoms with Crippen LogP contribution in [-0.2, 0) is 4.89 Å². The summed E-state index contributed by atoms with van der Waals surface area (Å²) in [6, 6.07) is 0. The summed E-state index contributed by atoms with van der Waals surface area (Å²) in [5.41, 5.74) is 0. The molecule has 1 aliphatic carbocycles. The molecule has 18 heavy (non-hydrogen) atoms. The summed E-state index contributed by atoms with van der Waals surface area (Å²) in [4.78, 5) is 4.31. The Morgan fingerprint density at radius 1 is 1.11 bits per heavy atom. The molecule has 6 unspecified atom stereocenters. The highest BCUT2D eigenvalue weighted by Crippen LogP contribution is 2.47. The predicted molar refractivity (Wildman–Crippen MR) is 76.4 cm³/mol. The first kappa shape index (κ1) is 16.0. The van der Waals surface area contributed by atoms with E-state index in [1.807, 2.05) is 0 Å². The van der Waals surface area contributed by atoms with Gasteiger partial charge in [0.2, 0.25) is 0 Å². The van der Waals surface area contributed by atoms with E-state index >= 15 is 0 Å². The zero-order valence-electron chi connectivity index (χ0n) is 12.9. The van der Waals surface area contributed by atoms with Crippen LogP contribution in [0, 0.1) is 35.5 Å². The molecule has 0 aromatic heterocycles. The van der Waals surface area contributed by atoms with Gasteiger partial charge >= 0.3 is 0 Å². The van der Waals surface area contributed by atoms with Gasteiger partial charge in [0.05, 0.1) is 6.61 Å². The summed E-state index contributed by atoms with van der Waals surface area (Å²) in [5.74, 6) is 4.65. The monoisotopic (exact) mass is 256 g/mol. The van der Waals surface area contributed by atoms with Crippen LogP contribution in [0.5, 0.6) is 0 Å². The van der Waals surface area contributed by atoms with Gasteiger partial charge in [-0.15, -0.1) is 0 Å². The smallest absolute Gasteiger partial charge is 0.0847 e. The van der Waals surface area contributed by atoms with E-state index < -0.39 is 0 Å². The highest BCUT2D eigenvalue weighted by atomic mass is 17.1. The van der Waals surface area contributed by atoms with Crippen LogP contribution in [0.15, 0.2) is 0 Å². The van der Waals surface area contributed by atoms with E-state index in [9.17, 15) is 0 Å². The van der Waals surface area contributed by atoms with Gasteiger partial charge in [0.15, 0.2) is 0 Å². The summed E-state index contributed by atoms with van der Waals surface area (Å²) in [6.07, 6.45) is 5.37. The second-order valence-electron chi connectivity index (χ2n) is 6.58. The van der Waals surface area contributed by atoms with E-state index in [-0.39, 0.29) is 0 Å². The van der Waals surface area contributed by atoms with E-state index in [1.54, 1.807) is 0 Å². The molecule has 2 nitrogen and oxygen atoms in total. The molecule has 0 bridgehead atoms. The molecule has 0 aliphatic heterocycles. The zero-order chi connectivity index (χ0) is 13.7. The Morgan fingerprint density at radius 2 is 1.72 bits per heavy atom. The summed E-state index contributed by atoms with van der Waals surface area (Å²) in [6.45, 7) is 12.1. The van der Waals surface area contributed by atoms with Gasteiger partial charge in [0.1, 0.15) is 0 Å². The van der Waals surface area contributed by atoms with Crippen LogP contribution in [0.4, 0.5) is 0 Å². The van der Waals surface area contributed by atoms with Crippen LogP contribution in [-0.4, -0.2) is 11.9 Å². The number of rotatable bonds is 7. The molecule has 6 atom stereocenters. The first-order valence-electron chi connectivity index (χ1n) is 7.81. The van der Waals surface area contributed by atoms with Gasteiger partial charge < -0.3 is 0 Å². The molecular weight excluding hydrogens is 224 g/mol. The minimum Gasteiger partial charge on any atom is -0.252 e. The lowest BCUT2D eigenvalue weighted by molar-refractivity contribution is -0.252. The van der Waals surface area contributed by atoms with Crippen LogP contribution >= 0.6 is 0 Å². The maximum atomic E-state index is 8.58. The van der Waals surface area contributed by atoms with Crippen molar-refractivity contribution in [1.82, 2.24) is 0 Å². The predicted octanol–water partition coefficient (Wildman–Crippen LogP) is 4.85. The van der Waals surface area contributed by atoms with Gasteiger partial charge in [-0.25, -0.2) is 4.89 Å². The van der Waals surface area contributed by atoms with Crippen LogP contribution in [0.3, 0.4) is 0 Å². The molecule has 0 amide bonds. The molecule has 0 aromatic carbocycles. The second-order valence-corrected chi connectivity index (χ2v) is 6.58.